The van der Waals surface area contributed by atoms with Crippen LogP contribution in [0.25, 0.3) is 0 Å². The van der Waals surface area contributed by atoms with Crippen molar-refractivity contribution in [2.75, 3.05) is 13.1 Å². The molecule has 11 heteroatoms. The van der Waals surface area contributed by atoms with Gasteiger partial charge in [-0.1, -0.05) is 0 Å². The second-order valence-corrected chi connectivity index (χ2v) is 5.23. The first kappa shape index (κ1) is 18.0. The third-order valence-electron chi connectivity index (χ3n) is 3.65. The maximum absolute atomic E-state index is 12.9. The molecule has 5 nitrogen and oxygen atoms in total. The molecule has 24 heavy (non-hydrogen) atoms. The molecule has 2 atom stereocenters. The monoisotopic (exact) mass is 356 g/mol. The van der Waals surface area contributed by atoms with E-state index in [9.17, 15) is 35.9 Å². The Bertz CT molecular complexity index is 641. The van der Waals surface area contributed by atoms with E-state index in [-0.39, 0.29) is 5.56 Å². The fourth-order valence-corrected chi connectivity index (χ4v) is 2.42. The molecule has 0 radical (unpaired) electrons. The Morgan fingerprint density at radius 2 is 1.75 bits per heavy atom. The van der Waals surface area contributed by atoms with Crippen LogP contribution in [-0.2, 0) is 11.0 Å². The highest BCUT2D eigenvalue weighted by atomic mass is 19.4. The van der Waals surface area contributed by atoms with E-state index < -0.39 is 54.8 Å². The molecule has 0 aliphatic carbocycles. The zero-order valence-corrected chi connectivity index (χ0v) is 11.7. The Kier molecular flexibility index (Phi) is 4.46. The molecule has 0 aromatic carbocycles. The maximum Gasteiger partial charge on any atom is 0.433 e. The molecule has 1 aromatic rings. The van der Waals surface area contributed by atoms with Crippen LogP contribution in [0.2, 0.25) is 0 Å². The number of amides is 1. The van der Waals surface area contributed by atoms with Crippen molar-refractivity contribution in [1.82, 2.24) is 9.88 Å². The van der Waals surface area contributed by atoms with Crippen LogP contribution in [0.3, 0.4) is 0 Å². The van der Waals surface area contributed by atoms with Crippen LogP contribution in [0.1, 0.15) is 16.1 Å². The van der Waals surface area contributed by atoms with Crippen LogP contribution in [0.4, 0.5) is 26.3 Å². The first-order valence-electron chi connectivity index (χ1n) is 6.53. The van der Waals surface area contributed by atoms with Crippen LogP contribution >= 0.6 is 0 Å². The summed E-state index contributed by atoms with van der Waals surface area (Å²) in [6.45, 7) is -1.56. The molecule has 2 heterocycles. The summed E-state index contributed by atoms with van der Waals surface area (Å²) >= 11 is 0. The predicted molar refractivity (Wildman–Crippen MR) is 65.8 cm³/mol. The molecular weight excluding hydrogens is 346 g/mol. The Morgan fingerprint density at radius 3 is 2.12 bits per heavy atom. The van der Waals surface area contributed by atoms with Gasteiger partial charge in [0.25, 0.3) is 5.91 Å². The second kappa shape index (κ2) is 5.95. The highest BCUT2D eigenvalue weighted by Gasteiger charge is 2.53. The number of carbonyl (C=O) groups excluding carboxylic acids is 1. The minimum Gasteiger partial charge on any atom is -0.481 e. The zero-order chi connectivity index (χ0) is 18.3. The first-order chi connectivity index (χ1) is 10.9. The summed E-state index contributed by atoms with van der Waals surface area (Å²) in [5.74, 6) is -6.76. The number of carbonyl (C=O) groups is 2. The normalized spacial score (nSPS) is 21.8. The number of rotatable bonds is 2. The summed E-state index contributed by atoms with van der Waals surface area (Å²) in [4.78, 5) is 26.7. The molecule has 1 aromatic heterocycles. The molecular formula is C13H10F6N2O3. The van der Waals surface area contributed by atoms with Crippen molar-refractivity contribution < 1.29 is 41.0 Å². The second-order valence-electron chi connectivity index (χ2n) is 5.23. The van der Waals surface area contributed by atoms with Crippen molar-refractivity contribution in [3.8, 4) is 0 Å². The molecule has 132 valence electrons. The standard InChI is InChI=1S/C13H10F6N2O3/c14-12(15,16)8-5-21(4-7(8)11(23)24)10(22)6-1-2-9(20-3-6)13(17,18)19/h1-3,7-8H,4-5H2,(H,23,24)/t7-,8-/m1/s1. The highest BCUT2D eigenvalue weighted by molar-refractivity contribution is 5.94. The van der Waals surface area contributed by atoms with E-state index in [1.165, 1.54) is 0 Å². The lowest BCUT2D eigenvalue weighted by Gasteiger charge is -2.18. The van der Waals surface area contributed by atoms with E-state index in [2.05, 4.69) is 4.98 Å². The largest absolute Gasteiger partial charge is 0.481 e. The van der Waals surface area contributed by atoms with Crippen molar-refractivity contribution in [3.63, 3.8) is 0 Å². The number of hydrogen-bond donors (Lipinski definition) is 1. The number of alkyl halides is 6. The lowest BCUT2D eigenvalue weighted by atomic mass is 9.96. The maximum atomic E-state index is 12.9. The number of aromatic nitrogens is 1. The smallest absolute Gasteiger partial charge is 0.433 e. The predicted octanol–water partition coefficient (Wildman–Crippen LogP) is 2.44. The van der Waals surface area contributed by atoms with E-state index in [4.69, 9.17) is 5.11 Å². The average molecular weight is 356 g/mol. The van der Waals surface area contributed by atoms with Crippen LogP contribution in [0.15, 0.2) is 18.3 Å². The molecule has 2 rings (SSSR count). The Hall–Kier alpha value is -2.33. The third kappa shape index (κ3) is 3.60. The lowest BCUT2D eigenvalue weighted by molar-refractivity contribution is -0.187. The quantitative estimate of drug-likeness (QED) is 0.827. The topological polar surface area (TPSA) is 70.5 Å². The number of hydrogen-bond acceptors (Lipinski definition) is 3. The van der Waals surface area contributed by atoms with Crippen LogP contribution in [0, 0.1) is 11.8 Å². The first-order valence-corrected chi connectivity index (χ1v) is 6.53. The van der Waals surface area contributed by atoms with Gasteiger partial charge in [0.2, 0.25) is 0 Å². The van der Waals surface area contributed by atoms with E-state index in [0.717, 1.165) is 6.07 Å². The van der Waals surface area contributed by atoms with E-state index in [0.29, 0.717) is 17.2 Å². The van der Waals surface area contributed by atoms with Crippen LogP contribution in [-0.4, -0.2) is 46.1 Å². The summed E-state index contributed by atoms with van der Waals surface area (Å²) < 4.78 is 75.8. The van der Waals surface area contributed by atoms with Crippen molar-refractivity contribution >= 4 is 11.9 Å². The molecule has 0 saturated carbocycles. The molecule has 1 saturated heterocycles. The fraction of sp³-hybridized carbons (Fsp3) is 0.462. The number of nitrogens with zero attached hydrogens (tertiary/aromatic N) is 2. The van der Waals surface area contributed by atoms with Gasteiger partial charge in [0.1, 0.15) is 5.69 Å². The number of halogens is 6. The summed E-state index contributed by atoms with van der Waals surface area (Å²) in [7, 11) is 0. The van der Waals surface area contributed by atoms with Crippen LogP contribution in [0.5, 0.6) is 0 Å². The van der Waals surface area contributed by atoms with E-state index in [1.807, 2.05) is 0 Å². The van der Waals surface area contributed by atoms with Gasteiger partial charge >= 0.3 is 18.3 Å². The van der Waals surface area contributed by atoms with Gasteiger partial charge < -0.3 is 10.0 Å². The van der Waals surface area contributed by atoms with Gasteiger partial charge in [0, 0.05) is 19.3 Å². The van der Waals surface area contributed by atoms with Gasteiger partial charge in [0.15, 0.2) is 0 Å². The molecule has 1 amide bonds. The Morgan fingerprint density at radius 1 is 1.12 bits per heavy atom. The third-order valence-corrected chi connectivity index (χ3v) is 3.65. The highest BCUT2D eigenvalue weighted by Crippen LogP contribution is 2.38. The van der Waals surface area contributed by atoms with Crippen molar-refractivity contribution in [2.24, 2.45) is 11.8 Å². The number of aliphatic carboxylic acids is 1. The van der Waals surface area contributed by atoms with Gasteiger partial charge in [-0.05, 0) is 12.1 Å². The van der Waals surface area contributed by atoms with Gasteiger partial charge in [-0.25, -0.2) is 0 Å². The van der Waals surface area contributed by atoms with Crippen LogP contribution < -0.4 is 0 Å². The average Bonchev–Trinajstić information content (AvgIpc) is 2.91. The number of carboxylic acids is 1. The fourth-order valence-electron chi connectivity index (χ4n) is 2.42. The molecule has 1 aliphatic heterocycles. The van der Waals surface area contributed by atoms with Gasteiger partial charge in [-0.3, -0.25) is 14.6 Å². The molecule has 1 N–H and O–H groups in total. The van der Waals surface area contributed by atoms with Crippen molar-refractivity contribution in [3.05, 3.63) is 29.6 Å². The Balaban J connectivity index is 2.20. The summed E-state index contributed by atoms with van der Waals surface area (Å²) in [5, 5.41) is 8.87. The molecule has 0 bridgehead atoms. The number of likely N-dealkylation sites (tertiary alicyclic amines) is 1. The van der Waals surface area contributed by atoms with Crippen molar-refractivity contribution in [1.29, 1.82) is 0 Å². The summed E-state index contributed by atoms with van der Waals surface area (Å²) in [6.07, 6.45) is -8.93. The molecule has 0 spiro atoms. The Labute approximate surface area is 130 Å². The molecule has 0 unspecified atom stereocenters. The molecule has 1 fully saturated rings. The van der Waals surface area contributed by atoms with Gasteiger partial charge in [0.05, 0.1) is 17.4 Å². The minimum absolute atomic E-state index is 0.352. The lowest BCUT2D eigenvalue weighted by Crippen LogP contribution is -2.34. The minimum atomic E-state index is -4.81. The van der Waals surface area contributed by atoms with Gasteiger partial charge in [-0.2, -0.15) is 26.3 Å². The number of carboxylic acid groups (broad SMARTS) is 1. The summed E-state index contributed by atoms with van der Waals surface area (Å²) in [6, 6.07) is 1.31. The van der Waals surface area contributed by atoms with E-state index in [1.54, 1.807) is 0 Å². The SMILES string of the molecule is O=C(O)[C@@H]1CN(C(=O)c2ccc(C(F)(F)F)nc2)C[C@H]1C(F)(F)F. The molecule has 1 aliphatic rings. The zero-order valence-electron chi connectivity index (χ0n) is 11.7. The number of pyridine rings is 1. The summed E-state index contributed by atoms with van der Waals surface area (Å²) in [5.41, 5.74) is -1.60. The van der Waals surface area contributed by atoms with Crippen molar-refractivity contribution in [2.45, 2.75) is 12.4 Å². The van der Waals surface area contributed by atoms with E-state index >= 15 is 0 Å². The van der Waals surface area contributed by atoms with Gasteiger partial charge in [-0.15, -0.1) is 0 Å².